The maximum atomic E-state index is 10.2. The smallest absolute Gasteiger partial charge is 0.174 e. The first-order chi connectivity index (χ1) is 16.0. The zero-order chi connectivity index (χ0) is 23.0. The summed E-state index contributed by atoms with van der Waals surface area (Å²) in [5.41, 5.74) is 4.39. The van der Waals surface area contributed by atoms with Crippen molar-refractivity contribution >= 4 is 23.8 Å². The molecule has 0 bridgehead atoms. The van der Waals surface area contributed by atoms with Gasteiger partial charge >= 0.3 is 0 Å². The molecular formula is C26H23ClN6. The number of nitriles is 1. The Morgan fingerprint density at radius 2 is 1.94 bits per heavy atom. The molecule has 6 nitrogen and oxygen atoms in total. The molecular weight excluding hydrogens is 432 g/mol. The number of benzene rings is 2. The number of fused-ring (bicyclic) bond motifs is 1. The SMILES string of the molecule is Cc1cn(-c2ccc(/C=C/c3nc4n(n3)CCC[C@]4(C#N)c3ccc(Cl)cc3)cc2C)cn1. The lowest BCUT2D eigenvalue weighted by molar-refractivity contribution is 0.393. The molecule has 0 saturated heterocycles. The average molecular weight is 455 g/mol. The van der Waals surface area contributed by atoms with Gasteiger partial charge in [0.05, 0.1) is 18.1 Å². The van der Waals surface area contributed by atoms with E-state index in [0.717, 1.165) is 41.0 Å². The Labute approximate surface area is 197 Å². The van der Waals surface area contributed by atoms with Crippen LogP contribution < -0.4 is 0 Å². The van der Waals surface area contributed by atoms with Crippen LogP contribution in [0.4, 0.5) is 0 Å². The first kappa shape index (κ1) is 21.2. The molecule has 1 aliphatic heterocycles. The van der Waals surface area contributed by atoms with Crippen molar-refractivity contribution in [1.29, 1.82) is 5.26 Å². The summed E-state index contributed by atoms with van der Waals surface area (Å²) in [7, 11) is 0. The van der Waals surface area contributed by atoms with Gasteiger partial charge in [-0.3, -0.25) is 0 Å². The van der Waals surface area contributed by atoms with Gasteiger partial charge in [0.2, 0.25) is 0 Å². The van der Waals surface area contributed by atoms with E-state index >= 15 is 0 Å². The minimum atomic E-state index is -0.816. The van der Waals surface area contributed by atoms with Crippen LogP contribution in [-0.4, -0.2) is 24.3 Å². The molecule has 1 aliphatic rings. The second-order valence-electron chi connectivity index (χ2n) is 8.45. The van der Waals surface area contributed by atoms with Crippen molar-refractivity contribution in [3.05, 3.63) is 94.0 Å². The fourth-order valence-electron chi connectivity index (χ4n) is 4.48. The first-order valence-corrected chi connectivity index (χ1v) is 11.3. The molecule has 0 radical (unpaired) electrons. The molecule has 0 saturated carbocycles. The summed E-state index contributed by atoms with van der Waals surface area (Å²) in [4.78, 5) is 9.09. The number of imidazole rings is 1. The van der Waals surface area contributed by atoms with Crippen LogP contribution >= 0.6 is 11.6 Å². The molecule has 5 rings (SSSR count). The number of aryl methyl sites for hydroxylation is 3. The van der Waals surface area contributed by atoms with Crippen LogP contribution in [0.3, 0.4) is 0 Å². The molecule has 0 N–H and O–H groups in total. The first-order valence-electron chi connectivity index (χ1n) is 10.9. The zero-order valence-corrected chi connectivity index (χ0v) is 19.3. The maximum Gasteiger partial charge on any atom is 0.174 e. The van der Waals surface area contributed by atoms with Crippen LogP contribution in [0.5, 0.6) is 0 Å². The van der Waals surface area contributed by atoms with Gasteiger partial charge in [-0.05, 0) is 73.7 Å². The molecule has 0 unspecified atom stereocenters. The monoisotopic (exact) mass is 454 g/mol. The second kappa shape index (κ2) is 8.34. The van der Waals surface area contributed by atoms with Gasteiger partial charge in [0, 0.05) is 23.5 Å². The molecule has 7 heteroatoms. The standard InChI is InChI=1S/C26H23ClN6/c1-18-14-20(4-10-23(18)32-15-19(2)29-17-32)5-11-24-30-25-26(16-28,12-3-13-33(25)31-24)21-6-8-22(27)9-7-21/h4-11,14-15,17H,3,12-13H2,1-2H3/b11-5+/t26-/m0/s1. The van der Waals surface area contributed by atoms with Crippen LogP contribution in [0, 0.1) is 25.2 Å². The van der Waals surface area contributed by atoms with Gasteiger partial charge in [-0.1, -0.05) is 35.9 Å². The summed E-state index contributed by atoms with van der Waals surface area (Å²) in [6.07, 6.45) is 9.33. The highest BCUT2D eigenvalue weighted by Crippen LogP contribution is 2.39. The van der Waals surface area contributed by atoms with E-state index < -0.39 is 5.41 Å². The fraction of sp³-hybridized carbons (Fsp3) is 0.231. The predicted molar refractivity (Wildman–Crippen MR) is 129 cm³/mol. The largest absolute Gasteiger partial charge is 0.306 e. The summed E-state index contributed by atoms with van der Waals surface area (Å²) in [6, 6.07) is 16.3. The Bertz CT molecular complexity index is 1390. The molecule has 3 heterocycles. The summed E-state index contributed by atoms with van der Waals surface area (Å²) in [5.74, 6) is 1.30. The number of rotatable bonds is 4. The quantitative estimate of drug-likeness (QED) is 0.407. The third-order valence-corrected chi connectivity index (χ3v) is 6.41. The van der Waals surface area contributed by atoms with Gasteiger partial charge in [-0.15, -0.1) is 0 Å². The highest BCUT2D eigenvalue weighted by atomic mass is 35.5. The van der Waals surface area contributed by atoms with E-state index in [1.165, 1.54) is 0 Å². The molecule has 2 aromatic carbocycles. The second-order valence-corrected chi connectivity index (χ2v) is 8.88. The molecule has 0 aliphatic carbocycles. The molecule has 33 heavy (non-hydrogen) atoms. The van der Waals surface area contributed by atoms with Crippen LogP contribution in [-0.2, 0) is 12.0 Å². The summed E-state index contributed by atoms with van der Waals surface area (Å²) in [5, 5.41) is 15.5. The average Bonchev–Trinajstić information content (AvgIpc) is 3.44. The Morgan fingerprint density at radius 1 is 1.12 bits per heavy atom. The van der Waals surface area contributed by atoms with Gasteiger partial charge in [-0.2, -0.15) is 10.4 Å². The molecule has 0 spiro atoms. The van der Waals surface area contributed by atoms with E-state index in [-0.39, 0.29) is 0 Å². The van der Waals surface area contributed by atoms with Crippen molar-refractivity contribution < 1.29 is 0 Å². The van der Waals surface area contributed by atoms with Gasteiger partial charge in [-0.25, -0.2) is 14.6 Å². The summed E-state index contributed by atoms with van der Waals surface area (Å²) < 4.78 is 3.90. The van der Waals surface area contributed by atoms with Crippen LogP contribution in [0.1, 0.15) is 46.9 Å². The fourth-order valence-corrected chi connectivity index (χ4v) is 4.61. The van der Waals surface area contributed by atoms with Crippen LogP contribution in [0.15, 0.2) is 55.0 Å². The molecule has 2 aromatic heterocycles. The van der Waals surface area contributed by atoms with Crippen molar-refractivity contribution in [2.45, 2.75) is 38.6 Å². The lowest BCUT2D eigenvalue weighted by Crippen LogP contribution is -2.34. The highest BCUT2D eigenvalue weighted by Gasteiger charge is 2.42. The number of nitrogens with zero attached hydrogens (tertiary/aromatic N) is 6. The molecule has 1 atom stereocenters. The number of aromatic nitrogens is 5. The topological polar surface area (TPSA) is 72.3 Å². The summed E-state index contributed by atoms with van der Waals surface area (Å²) in [6.45, 7) is 4.82. The number of hydrogen-bond acceptors (Lipinski definition) is 4. The third kappa shape index (κ3) is 3.85. The van der Waals surface area contributed by atoms with Crippen molar-refractivity contribution in [3.63, 3.8) is 0 Å². The molecule has 164 valence electrons. The third-order valence-electron chi connectivity index (χ3n) is 6.15. The molecule has 4 aromatic rings. The van der Waals surface area contributed by atoms with Gasteiger partial charge in [0.15, 0.2) is 11.6 Å². The van der Waals surface area contributed by atoms with E-state index in [4.69, 9.17) is 16.6 Å². The number of halogens is 1. The molecule has 0 amide bonds. The van der Waals surface area contributed by atoms with Crippen LogP contribution in [0.25, 0.3) is 17.8 Å². The van der Waals surface area contributed by atoms with E-state index in [1.807, 2.05) is 65.1 Å². The van der Waals surface area contributed by atoms with Gasteiger partial charge in [0.1, 0.15) is 5.41 Å². The van der Waals surface area contributed by atoms with Crippen LogP contribution in [0.2, 0.25) is 5.02 Å². The zero-order valence-electron chi connectivity index (χ0n) is 18.5. The van der Waals surface area contributed by atoms with Crippen molar-refractivity contribution in [2.24, 2.45) is 0 Å². The highest BCUT2D eigenvalue weighted by molar-refractivity contribution is 6.30. The molecule has 0 fully saturated rings. The Morgan fingerprint density at radius 3 is 2.64 bits per heavy atom. The van der Waals surface area contributed by atoms with Gasteiger partial charge < -0.3 is 4.57 Å². The van der Waals surface area contributed by atoms with Crippen molar-refractivity contribution in [3.8, 4) is 11.8 Å². The summed E-state index contributed by atoms with van der Waals surface area (Å²) >= 11 is 6.07. The van der Waals surface area contributed by atoms with Gasteiger partial charge in [0.25, 0.3) is 0 Å². The van der Waals surface area contributed by atoms with E-state index in [1.54, 1.807) is 0 Å². The Kier molecular flexibility index (Phi) is 5.35. The maximum absolute atomic E-state index is 10.2. The normalized spacial score (nSPS) is 17.8. The minimum Gasteiger partial charge on any atom is -0.306 e. The predicted octanol–water partition coefficient (Wildman–Crippen LogP) is 5.51. The lowest BCUT2D eigenvalue weighted by atomic mass is 9.75. The minimum absolute atomic E-state index is 0.604. The lowest BCUT2D eigenvalue weighted by Gasteiger charge is -2.30. The van der Waals surface area contributed by atoms with Crippen molar-refractivity contribution in [1.82, 2.24) is 24.3 Å². The Hall–Kier alpha value is -3.69. The van der Waals surface area contributed by atoms with E-state index in [2.05, 4.69) is 41.3 Å². The number of hydrogen-bond donors (Lipinski definition) is 0. The van der Waals surface area contributed by atoms with E-state index in [0.29, 0.717) is 23.1 Å². The van der Waals surface area contributed by atoms with Crippen molar-refractivity contribution in [2.75, 3.05) is 0 Å². The van der Waals surface area contributed by atoms with E-state index in [9.17, 15) is 5.26 Å². The Balaban J connectivity index is 1.45.